The van der Waals surface area contributed by atoms with Crippen molar-refractivity contribution in [3.63, 3.8) is 0 Å². The highest BCUT2D eigenvalue weighted by atomic mass is 32.2. The maximum absolute atomic E-state index is 14.5. The smallest absolute Gasteiger partial charge is 0.146 e. The molecule has 1 saturated heterocycles. The van der Waals surface area contributed by atoms with Crippen LogP contribution in [-0.2, 0) is 17.2 Å². The molecular weight excluding hydrogens is 487 g/mol. The van der Waals surface area contributed by atoms with Gasteiger partial charge in [0.05, 0.1) is 17.1 Å². The number of halogens is 1. The molecule has 0 unspecified atom stereocenters. The number of aromatic nitrogens is 3. The standard InChI is InChI=1S/C28H33FN6OS/c1-30-26-8-6-20(17-24(26)29)25-9-7-23-21(5-4-12-34-13-15-37(36)16-14-34)19-35(28(23)32-25)22-10-11-31-27(18-22)33(2)3/h6-11,17-19,30H,4-5,12-16H2,1-3H3. The summed E-state index contributed by atoms with van der Waals surface area (Å²) in [6.45, 7) is 2.81. The average Bonchev–Trinajstić information content (AvgIpc) is 3.27. The highest BCUT2D eigenvalue weighted by Gasteiger charge is 2.17. The zero-order valence-corrected chi connectivity index (χ0v) is 22.4. The number of hydrogen-bond acceptors (Lipinski definition) is 6. The van der Waals surface area contributed by atoms with Gasteiger partial charge in [-0.2, -0.15) is 0 Å². The van der Waals surface area contributed by atoms with Crippen molar-refractivity contribution < 1.29 is 8.60 Å². The lowest BCUT2D eigenvalue weighted by Gasteiger charge is -2.25. The Labute approximate surface area is 219 Å². The highest BCUT2D eigenvalue weighted by Crippen LogP contribution is 2.30. The van der Waals surface area contributed by atoms with Gasteiger partial charge in [0.15, 0.2) is 0 Å². The van der Waals surface area contributed by atoms with Crippen LogP contribution in [-0.4, -0.2) is 75.9 Å². The molecule has 37 heavy (non-hydrogen) atoms. The maximum Gasteiger partial charge on any atom is 0.146 e. The van der Waals surface area contributed by atoms with Crippen LogP contribution in [0.5, 0.6) is 0 Å². The Morgan fingerprint density at radius 1 is 1.11 bits per heavy atom. The average molecular weight is 521 g/mol. The Bertz CT molecular complexity index is 1430. The van der Waals surface area contributed by atoms with Gasteiger partial charge in [0, 0.05) is 85.9 Å². The Morgan fingerprint density at radius 3 is 2.65 bits per heavy atom. The van der Waals surface area contributed by atoms with E-state index >= 15 is 0 Å². The zero-order valence-electron chi connectivity index (χ0n) is 21.6. The third kappa shape index (κ3) is 5.52. The molecule has 0 bridgehead atoms. The van der Waals surface area contributed by atoms with E-state index in [4.69, 9.17) is 4.98 Å². The van der Waals surface area contributed by atoms with Gasteiger partial charge >= 0.3 is 0 Å². The number of aryl methyl sites for hydroxylation is 1. The van der Waals surface area contributed by atoms with Crippen LogP contribution in [0.15, 0.2) is 54.9 Å². The van der Waals surface area contributed by atoms with Gasteiger partial charge in [-0.15, -0.1) is 0 Å². The lowest BCUT2D eigenvalue weighted by molar-refractivity contribution is 0.296. The van der Waals surface area contributed by atoms with Crippen molar-refractivity contribution in [1.29, 1.82) is 0 Å². The normalized spacial score (nSPS) is 14.8. The van der Waals surface area contributed by atoms with Crippen molar-refractivity contribution in [1.82, 2.24) is 19.4 Å². The molecule has 7 nitrogen and oxygen atoms in total. The van der Waals surface area contributed by atoms with E-state index in [0.29, 0.717) is 5.69 Å². The summed E-state index contributed by atoms with van der Waals surface area (Å²) in [6.07, 6.45) is 5.92. The molecule has 0 spiro atoms. The Hall–Kier alpha value is -3.30. The van der Waals surface area contributed by atoms with Gasteiger partial charge in [0.1, 0.15) is 17.3 Å². The van der Waals surface area contributed by atoms with E-state index in [2.05, 4.69) is 32.0 Å². The van der Waals surface area contributed by atoms with Crippen LogP contribution in [0, 0.1) is 5.82 Å². The van der Waals surface area contributed by atoms with Crippen LogP contribution in [0.2, 0.25) is 0 Å². The van der Waals surface area contributed by atoms with E-state index in [1.165, 1.54) is 11.6 Å². The Balaban J connectivity index is 1.50. The van der Waals surface area contributed by atoms with E-state index in [1.807, 2.05) is 49.5 Å². The molecule has 194 valence electrons. The van der Waals surface area contributed by atoms with Crippen LogP contribution in [0.25, 0.3) is 28.0 Å². The summed E-state index contributed by atoms with van der Waals surface area (Å²) in [6, 6.07) is 13.3. The molecule has 3 aromatic heterocycles. The van der Waals surface area contributed by atoms with Gasteiger partial charge in [-0.1, -0.05) is 6.07 Å². The molecule has 0 radical (unpaired) electrons. The molecule has 1 fully saturated rings. The van der Waals surface area contributed by atoms with Crippen molar-refractivity contribution in [2.45, 2.75) is 12.8 Å². The molecule has 4 aromatic rings. The summed E-state index contributed by atoms with van der Waals surface area (Å²) in [5, 5.41) is 3.97. The first-order chi connectivity index (χ1) is 17.9. The second-order valence-corrected chi connectivity index (χ2v) is 11.3. The zero-order chi connectivity index (χ0) is 25.9. The molecule has 0 atom stereocenters. The fraction of sp³-hybridized carbons (Fsp3) is 0.357. The molecule has 1 aliphatic rings. The fourth-order valence-corrected chi connectivity index (χ4v) is 5.93. The summed E-state index contributed by atoms with van der Waals surface area (Å²) in [5.41, 5.74) is 4.98. The van der Waals surface area contributed by atoms with Gasteiger partial charge in [0.2, 0.25) is 0 Å². The van der Waals surface area contributed by atoms with Crippen molar-refractivity contribution in [2.24, 2.45) is 0 Å². The number of fused-ring (bicyclic) bond motifs is 1. The van der Waals surface area contributed by atoms with Gasteiger partial charge < -0.3 is 19.7 Å². The van der Waals surface area contributed by atoms with E-state index in [1.54, 1.807) is 13.1 Å². The number of nitrogens with one attached hydrogen (secondary N) is 1. The molecule has 0 saturated carbocycles. The topological polar surface area (TPSA) is 66.3 Å². The number of pyridine rings is 2. The number of hydrogen-bond donors (Lipinski definition) is 1. The first kappa shape index (κ1) is 25.4. The molecule has 1 aromatic carbocycles. The predicted molar refractivity (Wildman–Crippen MR) is 151 cm³/mol. The molecule has 5 rings (SSSR count). The van der Waals surface area contributed by atoms with E-state index < -0.39 is 10.8 Å². The minimum atomic E-state index is -0.655. The number of nitrogens with zero attached hydrogens (tertiary/aromatic N) is 5. The lowest BCUT2D eigenvalue weighted by atomic mass is 10.1. The SMILES string of the molecule is CNc1ccc(-c2ccc3c(CCCN4CCS(=O)CC4)cn(-c4ccnc(N(C)C)c4)c3n2)cc1F. The molecule has 9 heteroatoms. The minimum Gasteiger partial charge on any atom is -0.386 e. The monoisotopic (exact) mass is 520 g/mol. The van der Waals surface area contributed by atoms with Crippen molar-refractivity contribution >= 4 is 33.3 Å². The summed E-state index contributed by atoms with van der Waals surface area (Å²) in [7, 11) is 5.00. The molecule has 1 N–H and O–H groups in total. The molecule has 0 aliphatic carbocycles. The number of rotatable bonds is 8. The van der Waals surface area contributed by atoms with Gasteiger partial charge in [-0.05, 0) is 55.3 Å². The van der Waals surface area contributed by atoms with Gasteiger partial charge in [-0.3, -0.25) is 4.21 Å². The number of benzene rings is 1. The van der Waals surface area contributed by atoms with Crippen molar-refractivity contribution in [2.75, 3.05) is 62.5 Å². The Morgan fingerprint density at radius 2 is 1.92 bits per heavy atom. The Kier molecular flexibility index (Phi) is 7.53. The molecule has 4 heterocycles. The first-order valence-electron chi connectivity index (χ1n) is 12.6. The fourth-order valence-electron chi connectivity index (χ4n) is 4.80. The van der Waals surface area contributed by atoms with E-state index in [-0.39, 0.29) is 5.82 Å². The molecule has 0 amide bonds. The van der Waals surface area contributed by atoms with E-state index in [0.717, 1.165) is 77.8 Å². The van der Waals surface area contributed by atoms with Crippen molar-refractivity contribution in [3.05, 3.63) is 66.2 Å². The van der Waals surface area contributed by atoms with Crippen LogP contribution < -0.4 is 10.2 Å². The van der Waals surface area contributed by atoms with Crippen LogP contribution in [0.4, 0.5) is 15.9 Å². The molecular formula is C28H33FN6OS. The largest absolute Gasteiger partial charge is 0.386 e. The first-order valence-corrected chi connectivity index (χ1v) is 14.1. The van der Waals surface area contributed by atoms with Crippen molar-refractivity contribution in [3.8, 4) is 16.9 Å². The maximum atomic E-state index is 14.5. The third-order valence-electron chi connectivity index (χ3n) is 6.92. The van der Waals surface area contributed by atoms with Gasteiger partial charge in [0.25, 0.3) is 0 Å². The van der Waals surface area contributed by atoms with E-state index in [9.17, 15) is 8.60 Å². The minimum absolute atomic E-state index is 0.302. The summed E-state index contributed by atoms with van der Waals surface area (Å²) < 4.78 is 28.3. The van der Waals surface area contributed by atoms with Crippen LogP contribution in [0.1, 0.15) is 12.0 Å². The quantitative estimate of drug-likeness (QED) is 0.373. The summed E-state index contributed by atoms with van der Waals surface area (Å²) >= 11 is 0. The second-order valence-electron chi connectivity index (χ2n) is 9.60. The van der Waals surface area contributed by atoms with Gasteiger partial charge in [-0.25, -0.2) is 14.4 Å². The number of anilines is 2. The highest BCUT2D eigenvalue weighted by molar-refractivity contribution is 7.85. The van der Waals surface area contributed by atoms with Crippen LogP contribution >= 0.6 is 0 Å². The predicted octanol–water partition coefficient (Wildman–Crippen LogP) is 4.33. The lowest BCUT2D eigenvalue weighted by Crippen LogP contribution is -2.38. The van der Waals surface area contributed by atoms with Crippen LogP contribution in [0.3, 0.4) is 0 Å². The third-order valence-corrected chi connectivity index (χ3v) is 8.20. The second kappa shape index (κ2) is 11.0. The molecule has 1 aliphatic heterocycles. The summed E-state index contributed by atoms with van der Waals surface area (Å²) in [5.74, 6) is 2.12. The summed E-state index contributed by atoms with van der Waals surface area (Å²) in [4.78, 5) is 13.9.